The van der Waals surface area contributed by atoms with Crippen LogP contribution in [0.25, 0.3) is 10.9 Å². The molecule has 128 valence electrons. The Balaban J connectivity index is 1.80. The van der Waals surface area contributed by atoms with Crippen LogP contribution in [0.15, 0.2) is 58.1 Å². The molecule has 0 aliphatic heterocycles. The summed E-state index contributed by atoms with van der Waals surface area (Å²) in [6.45, 7) is 1.92. The van der Waals surface area contributed by atoms with Gasteiger partial charge in [0.1, 0.15) is 18.0 Å². The van der Waals surface area contributed by atoms with E-state index in [-0.39, 0.29) is 0 Å². The van der Waals surface area contributed by atoms with Crippen LogP contribution in [-0.2, 0) is 11.3 Å². The summed E-state index contributed by atoms with van der Waals surface area (Å²) in [6.07, 6.45) is 0. The van der Waals surface area contributed by atoms with Gasteiger partial charge in [-0.15, -0.1) is 0 Å². The highest BCUT2D eigenvalue weighted by Crippen LogP contribution is 2.17. The average Bonchev–Trinajstić information content (AvgIpc) is 2.60. The molecule has 0 amide bonds. The number of esters is 1. The van der Waals surface area contributed by atoms with Crippen molar-refractivity contribution in [2.75, 3.05) is 6.61 Å². The van der Waals surface area contributed by atoms with Crippen LogP contribution in [-0.4, -0.2) is 22.1 Å². The van der Waals surface area contributed by atoms with Crippen molar-refractivity contribution in [3.05, 3.63) is 69.4 Å². The van der Waals surface area contributed by atoms with E-state index in [0.717, 1.165) is 4.57 Å². The highest BCUT2D eigenvalue weighted by atomic mass is 16.5. The number of hydrogen-bond acceptors (Lipinski definition) is 5. The second-order valence-corrected chi connectivity index (χ2v) is 5.25. The van der Waals surface area contributed by atoms with Gasteiger partial charge in [0.05, 0.1) is 17.5 Å². The van der Waals surface area contributed by atoms with Gasteiger partial charge in [0.15, 0.2) is 0 Å². The first kappa shape index (κ1) is 16.5. The molecule has 0 unspecified atom stereocenters. The summed E-state index contributed by atoms with van der Waals surface area (Å²) in [5.41, 5.74) is -0.774. The number of nitrogens with zero attached hydrogens (tertiary/aromatic N) is 1. The molecule has 3 rings (SSSR count). The Bertz CT molecular complexity index is 1020. The van der Waals surface area contributed by atoms with Crippen LogP contribution in [0.1, 0.15) is 6.92 Å². The first-order chi connectivity index (χ1) is 12.1. The third kappa shape index (κ3) is 3.60. The van der Waals surface area contributed by atoms with Gasteiger partial charge in [-0.1, -0.05) is 12.1 Å². The standard InChI is InChI=1S/C18H16N2O5/c1-2-24-12-7-9-13(10-8-12)25-16(21)11-20-17(22)14-5-3-4-6-15(14)19-18(20)23/h3-10H,2,11H2,1H3,(H,19,23). The Labute approximate surface area is 142 Å². The maximum absolute atomic E-state index is 12.4. The fourth-order valence-corrected chi connectivity index (χ4v) is 2.41. The monoisotopic (exact) mass is 340 g/mol. The summed E-state index contributed by atoms with van der Waals surface area (Å²) in [7, 11) is 0. The van der Waals surface area contributed by atoms with Gasteiger partial charge in [0, 0.05) is 0 Å². The number of ether oxygens (including phenoxy) is 2. The molecule has 0 radical (unpaired) electrons. The van der Waals surface area contributed by atoms with Crippen LogP contribution in [0.2, 0.25) is 0 Å². The van der Waals surface area contributed by atoms with E-state index in [0.29, 0.717) is 29.0 Å². The van der Waals surface area contributed by atoms with Crippen molar-refractivity contribution in [1.29, 1.82) is 0 Å². The molecule has 0 fully saturated rings. The zero-order valence-electron chi connectivity index (χ0n) is 13.5. The van der Waals surface area contributed by atoms with E-state index in [1.807, 2.05) is 6.92 Å². The molecule has 1 N–H and O–H groups in total. The quantitative estimate of drug-likeness (QED) is 0.564. The Morgan fingerprint density at radius 3 is 2.44 bits per heavy atom. The molecule has 0 atom stereocenters. The minimum atomic E-state index is -0.716. The second-order valence-electron chi connectivity index (χ2n) is 5.25. The van der Waals surface area contributed by atoms with E-state index in [1.54, 1.807) is 48.5 Å². The highest BCUT2D eigenvalue weighted by molar-refractivity contribution is 5.77. The third-order valence-corrected chi connectivity index (χ3v) is 3.54. The van der Waals surface area contributed by atoms with Crippen molar-refractivity contribution < 1.29 is 14.3 Å². The molecule has 0 saturated heterocycles. The first-order valence-electron chi connectivity index (χ1n) is 7.74. The van der Waals surface area contributed by atoms with Gasteiger partial charge in [-0.05, 0) is 43.3 Å². The number of benzene rings is 2. The fourth-order valence-electron chi connectivity index (χ4n) is 2.41. The predicted molar refractivity (Wildman–Crippen MR) is 92.1 cm³/mol. The molecule has 1 heterocycles. The number of aromatic amines is 1. The number of nitrogens with one attached hydrogen (secondary N) is 1. The van der Waals surface area contributed by atoms with Crippen molar-refractivity contribution in [2.45, 2.75) is 13.5 Å². The molecule has 7 heteroatoms. The lowest BCUT2D eigenvalue weighted by molar-refractivity contribution is -0.135. The van der Waals surface area contributed by atoms with Crippen LogP contribution in [0.5, 0.6) is 11.5 Å². The number of rotatable bonds is 5. The van der Waals surface area contributed by atoms with E-state index in [4.69, 9.17) is 9.47 Å². The number of aromatic nitrogens is 2. The number of H-pyrrole nitrogens is 1. The lowest BCUT2D eigenvalue weighted by Gasteiger charge is -2.08. The Kier molecular flexibility index (Phi) is 4.65. The van der Waals surface area contributed by atoms with E-state index in [9.17, 15) is 14.4 Å². The van der Waals surface area contributed by atoms with E-state index >= 15 is 0 Å². The normalized spacial score (nSPS) is 10.6. The largest absolute Gasteiger partial charge is 0.494 e. The van der Waals surface area contributed by atoms with Crippen LogP contribution in [0.4, 0.5) is 0 Å². The Hall–Kier alpha value is -3.35. The highest BCUT2D eigenvalue weighted by Gasteiger charge is 2.13. The maximum atomic E-state index is 12.4. The summed E-state index contributed by atoms with van der Waals surface area (Å²) < 4.78 is 11.3. The van der Waals surface area contributed by atoms with Crippen molar-refractivity contribution in [3.8, 4) is 11.5 Å². The number of carbonyl (C=O) groups is 1. The van der Waals surface area contributed by atoms with Gasteiger partial charge < -0.3 is 14.5 Å². The number of para-hydroxylation sites is 1. The molecular weight excluding hydrogens is 324 g/mol. The minimum absolute atomic E-state index is 0.304. The third-order valence-electron chi connectivity index (χ3n) is 3.54. The molecule has 0 aliphatic carbocycles. The molecule has 7 nitrogen and oxygen atoms in total. The molecule has 25 heavy (non-hydrogen) atoms. The van der Waals surface area contributed by atoms with Gasteiger partial charge in [-0.3, -0.25) is 4.79 Å². The average molecular weight is 340 g/mol. The number of carbonyl (C=O) groups excluding carboxylic acids is 1. The second kappa shape index (κ2) is 7.04. The van der Waals surface area contributed by atoms with Crippen LogP contribution < -0.4 is 20.7 Å². The molecule has 0 aliphatic rings. The lowest BCUT2D eigenvalue weighted by atomic mass is 10.2. The Morgan fingerprint density at radius 1 is 1.04 bits per heavy atom. The van der Waals surface area contributed by atoms with Gasteiger partial charge in [0.2, 0.25) is 0 Å². The molecule has 0 bridgehead atoms. The van der Waals surface area contributed by atoms with Crippen molar-refractivity contribution in [1.82, 2.24) is 9.55 Å². The zero-order valence-corrected chi connectivity index (χ0v) is 13.5. The number of fused-ring (bicyclic) bond motifs is 1. The van der Waals surface area contributed by atoms with Crippen molar-refractivity contribution in [2.24, 2.45) is 0 Å². The van der Waals surface area contributed by atoms with Crippen molar-refractivity contribution >= 4 is 16.9 Å². The summed E-state index contributed by atoms with van der Waals surface area (Å²) in [5, 5.41) is 0.330. The van der Waals surface area contributed by atoms with E-state index in [1.165, 1.54) is 0 Å². The topological polar surface area (TPSA) is 90.4 Å². The van der Waals surface area contributed by atoms with Crippen LogP contribution in [0.3, 0.4) is 0 Å². The maximum Gasteiger partial charge on any atom is 0.331 e. The molecular formula is C18H16N2O5. The summed E-state index contributed by atoms with van der Waals surface area (Å²) >= 11 is 0. The van der Waals surface area contributed by atoms with Gasteiger partial charge in [-0.25, -0.2) is 14.2 Å². The number of hydrogen-bond donors (Lipinski definition) is 1. The van der Waals surface area contributed by atoms with Gasteiger partial charge in [0.25, 0.3) is 5.56 Å². The summed E-state index contributed by atoms with van der Waals surface area (Å²) in [4.78, 5) is 39.1. The summed E-state index contributed by atoms with van der Waals surface area (Å²) in [5.74, 6) is 0.246. The molecule has 2 aromatic carbocycles. The summed E-state index contributed by atoms with van der Waals surface area (Å²) in [6, 6.07) is 13.1. The smallest absolute Gasteiger partial charge is 0.331 e. The zero-order chi connectivity index (χ0) is 17.8. The van der Waals surface area contributed by atoms with E-state index in [2.05, 4.69) is 4.98 Å². The molecule has 3 aromatic rings. The lowest BCUT2D eigenvalue weighted by Crippen LogP contribution is -2.38. The Morgan fingerprint density at radius 2 is 1.72 bits per heavy atom. The van der Waals surface area contributed by atoms with Gasteiger partial charge >= 0.3 is 11.7 Å². The fraction of sp³-hybridized carbons (Fsp3) is 0.167. The SMILES string of the molecule is CCOc1ccc(OC(=O)Cn2c(=O)[nH]c3ccccc3c2=O)cc1. The molecule has 0 spiro atoms. The predicted octanol–water partition coefficient (Wildman–Crippen LogP) is 1.69. The van der Waals surface area contributed by atoms with Gasteiger partial charge in [-0.2, -0.15) is 0 Å². The van der Waals surface area contributed by atoms with E-state index < -0.39 is 23.8 Å². The van der Waals surface area contributed by atoms with Crippen molar-refractivity contribution in [3.63, 3.8) is 0 Å². The minimum Gasteiger partial charge on any atom is -0.494 e. The van der Waals surface area contributed by atoms with Crippen LogP contribution in [0, 0.1) is 0 Å². The molecule has 0 saturated carbocycles. The van der Waals surface area contributed by atoms with Crippen LogP contribution >= 0.6 is 0 Å². The molecule has 1 aromatic heterocycles. The first-order valence-corrected chi connectivity index (χ1v) is 7.74.